The third kappa shape index (κ3) is 11.0. The zero-order chi connectivity index (χ0) is 32.9. The largest absolute Gasteiger partial charge is 0.481 e. The van der Waals surface area contributed by atoms with Gasteiger partial charge in [0.05, 0.1) is 30.8 Å². The summed E-state index contributed by atoms with van der Waals surface area (Å²) < 4.78 is 0. The number of nitrogens with one attached hydrogen (secondary N) is 4. The van der Waals surface area contributed by atoms with Gasteiger partial charge >= 0.3 is 5.97 Å². The first kappa shape index (κ1) is 34.7. The molecule has 45 heavy (non-hydrogen) atoms. The maximum Gasteiger partial charge on any atom is 0.305 e. The Morgan fingerprint density at radius 3 is 2.29 bits per heavy atom. The van der Waals surface area contributed by atoms with E-state index in [-0.39, 0.29) is 25.5 Å². The normalized spacial score (nSPS) is 18.7. The van der Waals surface area contributed by atoms with Gasteiger partial charge in [0.2, 0.25) is 23.6 Å². The molecule has 9 N–H and O–H groups in total. The number of hydrogen-bond donors (Lipinski definition) is 7. The standard InChI is InChI=1S/C28H34N8O7S2/c1-36-15-23(38)33-18(9-6-12-31-28(29)30)25(41)32-14-22(37)34-19(13-24(39)40)26(42)35-17-8-3-5-11-21(17)45-44-20-10-4-2-7-16(20)27(36)43/h2-5,7-8,10-11,18-19H,6,9,12-15H2,1H3,(H,32,41)(H,33,38)(H,34,37)(H,35,42)(H,39,40)(H4,29,30,31)/t18-,19-/m0/s1. The number of anilines is 1. The maximum absolute atomic E-state index is 13.4. The lowest BCUT2D eigenvalue weighted by molar-refractivity contribution is -0.140. The van der Waals surface area contributed by atoms with E-state index in [0.29, 0.717) is 27.5 Å². The van der Waals surface area contributed by atoms with Crippen LogP contribution in [-0.2, 0) is 24.0 Å². The quantitative estimate of drug-likeness (QED) is 0.0952. The highest BCUT2D eigenvalue weighted by Gasteiger charge is 2.27. The minimum absolute atomic E-state index is 0.0911. The summed E-state index contributed by atoms with van der Waals surface area (Å²) in [4.78, 5) is 83.0. The van der Waals surface area contributed by atoms with E-state index in [9.17, 15) is 33.9 Å². The molecule has 0 aliphatic carbocycles. The van der Waals surface area contributed by atoms with Gasteiger partial charge in [-0.2, -0.15) is 0 Å². The number of guanidine groups is 1. The van der Waals surface area contributed by atoms with Gasteiger partial charge in [0.25, 0.3) is 5.91 Å². The second kappa shape index (κ2) is 16.9. The summed E-state index contributed by atoms with van der Waals surface area (Å²) in [5, 5.41) is 19.4. The number of nitrogens with two attached hydrogens (primary N) is 2. The minimum atomic E-state index is -1.47. The summed E-state index contributed by atoms with van der Waals surface area (Å²) in [5.41, 5.74) is 11.4. The lowest BCUT2D eigenvalue weighted by Crippen LogP contribution is -2.53. The van der Waals surface area contributed by atoms with E-state index >= 15 is 0 Å². The van der Waals surface area contributed by atoms with Crippen molar-refractivity contribution in [3.63, 3.8) is 0 Å². The van der Waals surface area contributed by atoms with Crippen molar-refractivity contribution in [2.75, 3.05) is 32.0 Å². The number of carboxylic acid groups (broad SMARTS) is 1. The molecule has 2 aromatic rings. The molecule has 0 fully saturated rings. The molecule has 0 saturated carbocycles. The predicted octanol–water partition coefficient (Wildman–Crippen LogP) is 0.124. The molecule has 2 atom stereocenters. The third-order valence-electron chi connectivity index (χ3n) is 6.26. The highest BCUT2D eigenvalue weighted by atomic mass is 33.1. The van der Waals surface area contributed by atoms with Crippen LogP contribution in [0.1, 0.15) is 29.6 Å². The highest BCUT2D eigenvalue weighted by Crippen LogP contribution is 2.42. The third-order valence-corrected chi connectivity index (χ3v) is 8.74. The number of aliphatic imine (C=N–C) groups is 1. The monoisotopic (exact) mass is 658 g/mol. The summed E-state index contributed by atoms with van der Waals surface area (Å²) in [7, 11) is 3.95. The molecule has 1 heterocycles. The van der Waals surface area contributed by atoms with E-state index in [1.54, 1.807) is 48.5 Å². The van der Waals surface area contributed by atoms with Gasteiger partial charge in [0, 0.05) is 23.4 Å². The summed E-state index contributed by atoms with van der Waals surface area (Å²) in [6, 6.07) is 11.0. The predicted molar refractivity (Wildman–Crippen MR) is 169 cm³/mol. The molecule has 0 aromatic heterocycles. The number of para-hydroxylation sites is 1. The summed E-state index contributed by atoms with van der Waals surface area (Å²) >= 11 is 0. The lowest BCUT2D eigenvalue weighted by Gasteiger charge is -2.22. The molecule has 0 saturated heterocycles. The topological polar surface area (TPSA) is 238 Å². The van der Waals surface area contributed by atoms with Crippen molar-refractivity contribution >= 4 is 68.7 Å². The molecule has 1 aliphatic heterocycles. The average molecular weight is 659 g/mol. The average Bonchev–Trinajstić information content (AvgIpc) is 2.99. The number of amides is 5. The molecular weight excluding hydrogens is 624 g/mol. The van der Waals surface area contributed by atoms with Gasteiger partial charge in [0.15, 0.2) is 5.96 Å². The summed E-state index contributed by atoms with van der Waals surface area (Å²) in [5.74, 6) is -4.88. The number of aliphatic carboxylic acids is 1. The van der Waals surface area contributed by atoms with Gasteiger partial charge in [-0.3, -0.25) is 33.8 Å². The smallest absolute Gasteiger partial charge is 0.305 e. The van der Waals surface area contributed by atoms with Gasteiger partial charge in [-0.05, 0) is 37.1 Å². The molecule has 0 radical (unpaired) electrons. The van der Waals surface area contributed by atoms with Gasteiger partial charge in [-0.25, -0.2) is 0 Å². The molecule has 5 amide bonds. The van der Waals surface area contributed by atoms with Crippen LogP contribution in [0.4, 0.5) is 5.69 Å². The second-order valence-electron chi connectivity index (χ2n) is 9.81. The molecule has 17 heteroatoms. The Hall–Kier alpha value is -4.77. The highest BCUT2D eigenvalue weighted by molar-refractivity contribution is 8.76. The first-order valence-corrected chi connectivity index (χ1v) is 15.8. The first-order chi connectivity index (χ1) is 21.4. The SMILES string of the molecule is CN1CC(=O)N[C@@H](CCCN=C(N)N)C(=O)NCC(=O)N[C@@H](CC(=O)O)C(=O)Nc2ccccc2SSc2ccccc2C1=O. The van der Waals surface area contributed by atoms with E-state index in [1.165, 1.54) is 33.5 Å². The molecule has 0 unspecified atom stereocenters. The Bertz CT molecular complexity index is 1470. The van der Waals surface area contributed by atoms with E-state index < -0.39 is 60.6 Å². The van der Waals surface area contributed by atoms with Gasteiger partial charge in [0.1, 0.15) is 12.1 Å². The number of hydrogen-bond acceptors (Lipinski definition) is 9. The molecule has 2 aromatic carbocycles. The van der Waals surface area contributed by atoms with Crippen LogP contribution in [0.3, 0.4) is 0 Å². The van der Waals surface area contributed by atoms with Crippen molar-refractivity contribution in [2.24, 2.45) is 16.5 Å². The van der Waals surface area contributed by atoms with Crippen molar-refractivity contribution in [1.29, 1.82) is 0 Å². The molecule has 0 spiro atoms. The van der Waals surface area contributed by atoms with Gasteiger partial charge < -0.3 is 42.7 Å². The van der Waals surface area contributed by atoms with Crippen LogP contribution in [0.15, 0.2) is 63.3 Å². The Labute approximate surface area is 266 Å². The van der Waals surface area contributed by atoms with Crippen molar-refractivity contribution < 1.29 is 33.9 Å². The van der Waals surface area contributed by atoms with E-state index in [4.69, 9.17) is 11.5 Å². The fraction of sp³-hybridized carbons (Fsp3) is 0.321. The Balaban J connectivity index is 1.93. The van der Waals surface area contributed by atoms with Crippen molar-refractivity contribution in [1.82, 2.24) is 20.9 Å². The van der Waals surface area contributed by atoms with Gasteiger partial charge in [-0.1, -0.05) is 45.9 Å². The number of carbonyl (C=O) groups excluding carboxylic acids is 5. The van der Waals surface area contributed by atoms with Crippen molar-refractivity contribution in [2.45, 2.75) is 41.1 Å². The van der Waals surface area contributed by atoms with E-state index in [0.717, 1.165) is 0 Å². The summed E-state index contributed by atoms with van der Waals surface area (Å²) in [6.07, 6.45) is -0.336. The number of fused-ring (bicyclic) bond motifs is 2. The second-order valence-corrected chi connectivity index (χ2v) is 12.0. The van der Waals surface area contributed by atoms with Crippen LogP contribution < -0.4 is 32.7 Å². The lowest BCUT2D eigenvalue weighted by atomic mass is 10.1. The number of benzene rings is 2. The zero-order valence-electron chi connectivity index (χ0n) is 24.3. The summed E-state index contributed by atoms with van der Waals surface area (Å²) in [6.45, 7) is -0.807. The van der Waals surface area contributed by atoms with Crippen LogP contribution in [0, 0.1) is 0 Å². The Morgan fingerprint density at radius 2 is 1.58 bits per heavy atom. The first-order valence-electron chi connectivity index (χ1n) is 13.7. The fourth-order valence-electron chi connectivity index (χ4n) is 4.09. The molecular formula is C28H34N8O7S2. The zero-order valence-corrected chi connectivity index (χ0v) is 25.9. The minimum Gasteiger partial charge on any atom is -0.481 e. The van der Waals surface area contributed by atoms with E-state index in [2.05, 4.69) is 26.3 Å². The Kier molecular flexibility index (Phi) is 13.0. The maximum atomic E-state index is 13.4. The Morgan fingerprint density at radius 1 is 0.933 bits per heavy atom. The number of carboxylic acids is 1. The van der Waals surface area contributed by atoms with Crippen LogP contribution in [-0.4, -0.2) is 90.2 Å². The van der Waals surface area contributed by atoms with Crippen LogP contribution in [0.2, 0.25) is 0 Å². The molecule has 240 valence electrons. The van der Waals surface area contributed by atoms with Gasteiger partial charge in [-0.15, -0.1) is 0 Å². The van der Waals surface area contributed by atoms with Crippen molar-refractivity contribution in [3.8, 4) is 0 Å². The molecule has 0 bridgehead atoms. The molecule has 1 aliphatic rings. The fourth-order valence-corrected chi connectivity index (χ4v) is 6.41. The van der Waals surface area contributed by atoms with Crippen molar-refractivity contribution in [3.05, 3.63) is 54.1 Å². The molecule has 15 nitrogen and oxygen atoms in total. The molecule has 3 rings (SSSR count). The van der Waals surface area contributed by atoms with Crippen LogP contribution in [0.5, 0.6) is 0 Å². The number of carbonyl (C=O) groups is 6. The number of likely N-dealkylation sites (N-methyl/N-ethyl adjacent to an activating group) is 1. The number of nitrogens with zero attached hydrogens (tertiary/aromatic N) is 2. The van der Waals surface area contributed by atoms with Crippen LogP contribution >= 0.6 is 21.6 Å². The van der Waals surface area contributed by atoms with E-state index in [1.807, 2.05) is 0 Å². The van der Waals surface area contributed by atoms with Crippen LogP contribution in [0.25, 0.3) is 0 Å². The number of rotatable bonds is 6.